The number of alkyl halides is 3. The van der Waals surface area contributed by atoms with Crippen LogP contribution in [0.15, 0.2) is 54.4 Å². The third-order valence-corrected chi connectivity index (χ3v) is 8.20. The molecule has 0 fully saturated rings. The SMILES string of the molecule is C=CCc1cc(-c2nc(OS(=O)(=O)C(F)(F)F)c3ccsc3c2-c2c(F)cc(F)cc2OCCOC)ccc1CCNC=O. The molecule has 44 heavy (non-hydrogen) atoms. The van der Waals surface area contributed by atoms with E-state index in [1.54, 1.807) is 24.3 Å². The number of amides is 1. The van der Waals surface area contributed by atoms with E-state index in [4.69, 9.17) is 9.47 Å². The lowest BCUT2D eigenvalue weighted by molar-refractivity contribution is -0.109. The zero-order chi connectivity index (χ0) is 32.1. The van der Waals surface area contributed by atoms with E-state index in [-0.39, 0.29) is 51.4 Å². The molecule has 0 unspecified atom stereocenters. The van der Waals surface area contributed by atoms with E-state index in [1.807, 2.05) is 0 Å². The maximum atomic E-state index is 15.7. The minimum atomic E-state index is -6.14. The molecule has 2 aromatic heterocycles. The minimum Gasteiger partial charge on any atom is -0.490 e. The van der Waals surface area contributed by atoms with Crippen molar-refractivity contribution < 1.29 is 48.8 Å². The number of benzene rings is 2. The first-order chi connectivity index (χ1) is 20.9. The van der Waals surface area contributed by atoms with Crippen molar-refractivity contribution in [3.05, 3.63) is 77.2 Å². The van der Waals surface area contributed by atoms with Crippen LogP contribution in [0.2, 0.25) is 0 Å². The molecule has 0 aliphatic heterocycles. The lowest BCUT2D eigenvalue weighted by atomic mass is 9.93. The van der Waals surface area contributed by atoms with Crippen molar-refractivity contribution in [2.24, 2.45) is 0 Å². The first-order valence-electron chi connectivity index (χ1n) is 12.8. The summed E-state index contributed by atoms with van der Waals surface area (Å²) in [5, 5.41) is 3.84. The van der Waals surface area contributed by atoms with E-state index in [2.05, 4.69) is 21.1 Å². The number of methoxy groups -OCH3 is 1. The Morgan fingerprint density at radius 2 is 1.84 bits per heavy atom. The molecule has 0 spiro atoms. The summed E-state index contributed by atoms with van der Waals surface area (Å²) in [7, 11) is -4.73. The number of hydrogen-bond donors (Lipinski definition) is 1. The summed E-state index contributed by atoms with van der Waals surface area (Å²) in [6.45, 7) is 4.04. The summed E-state index contributed by atoms with van der Waals surface area (Å²) in [6.07, 6.45) is 2.92. The Labute approximate surface area is 253 Å². The zero-order valence-corrected chi connectivity index (χ0v) is 24.7. The number of nitrogens with one attached hydrogen (secondary N) is 1. The fourth-order valence-electron chi connectivity index (χ4n) is 4.42. The topological polar surface area (TPSA) is 104 Å². The lowest BCUT2D eigenvalue weighted by Gasteiger charge is -2.19. The van der Waals surface area contributed by atoms with Gasteiger partial charge in [-0.2, -0.15) is 21.6 Å². The molecule has 1 N–H and O–H groups in total. The number of carbonyl (C=O) groups excluding carboxylic acids is 1. The molecule has 2 aromatic carbocycles. The molecule has 4 rings (SSSR count). The van der Waals surface area contributed by atoms with Crippen molar-refractivity contribution >= 4 is 38.0 Å². The van der Waals surface area contributed by atoms with E-state index in [9.17, 15) is 30.8 Å². The zero-order valence-electron chi connectivity index (χ0n) is 23.0. The van der Waals surface area contributed by atoms with Gasteiger partial charge in [-0.05, 0) is 41.5 Å². The number of fused-ring (bicyclic) bond motifs is 1. The molecule has 15 heteroatoms. The summed E-state index contributed by atoms with van der Waals surface area (Å²) in [6, 6.07) is 7.73. The lowest BCUT2D eigenvalue weighted by Crippen LogP contribution is -2.28. The number of aromatic nitrogens is 1. The van der Waals surface area contributed by atoms with Crippen LogP contribution in [0.25, 0.3) is 32.5 Å². The summed E-state index contributed by atoms with van der Waals surface area (Å²) in [5.41, 5.74) is -4.41. The number of allylic oxidation sites excluding steroid dienone is 1. The molecule has 0 atom stereocenters. The average Bonchev–Trinajstić information content (AvgIpc) is 3.44. The van der Waals surface area contributed by atoms with Gasteiger partial charge in [0.2, 0.25) is 12.3 Å². The van der Waals surface area contributed by atoms with Crippen LogP contribution in [0, 0.1) is 11.6 Å². The predicted octanol–water partition coefficient (Wildman–Crippen LogP) is 6.18. The second-order valence-corrected chi connectivity index (χ2v) is 11.6. The van der Waals surface area contributed by atoms with Gasteiger partial charge in [-0.3, -0.25) is 4.79 Å². The van der Waals surface area contributed by atoms with Gasteiger partial charge in [0.1, 0.15) is 24.0 Å². The first kappa shape index (κ1) is 32.8. The van der Waals surface area contributed by atoms with Crippen LogP contribution in [-0.4, -0.2) is 52.2 Å². The molecule has 234 valence electrons. The Bertz CT molecular complexity index is 1790. The van der Waals surface area contributed by atoms with Gasteiger partial charge in [0, 0.05) is 41.6 Å². The summed E-state index contributed by atoms with van der Waals surface area (Å²) >= 11 is 0.952. The normalized spacial score (nSPS) is 11.9. The van der Waals surface area contributed by atoms with Crippen LogP contribution in [0.1, 0.15) is 11.1 Å². The maximum Gasteiger partial charge on any atom is 0.534 e. The van der Waals surface area contributed by atoms with E-state index < -0.39 is 33.1 Å². The molecule has 0 aliphatic rings. The van der Waals surface area contributed by atoms with Crippen LogP contribution in [0.4, 0.5) is 22.0 Å². The standard InChI is InChI=1S/C29H25F5N2O6S2/c1-3-4-18-13-19(6-5-17(18)7-9-35-16-37)26-25(24-22(31)14-20(30)15-23(24)41-11-10-40-2)27-21(8-12-43-27)28(36-26)42-44(38,39)29(32,33)34/h3,5-6,8,12-16H,1,4,7,9-11H2,2H3,(H,35,37). The van der Waals surface area contributed by atoms with Crippen molar-refractivity contribution in [2.45, 2.75) is 18.3 Å². The van der Waals surface area contributed by atoms with Crippen LogP contribution in [0.5, 0.6) is 11.6 Å². The summed E-state index contributed by atoms with van der Waals surface area (Å²) < 4.78 is 109. The Hall–Kier alpha value is -4.08. The highest BCUT2D eigenvalue weighted by molar-refractivity contribution is 7.88. The predicted molar refractivity (Wildman–Crippen MR) is 155 cm³/mol. The third kappa shape index (κ3) is 7.00. The number of nitrogens with zero attached hydrogens (tertiary/aromatic N) is 1. The van der Waals surface area contributed by atoms with Gasteiger partial charge in [-0.1, -0.05) is 18.2 Å². The molecular weight excluding hydrogens is 631 g/mol. The molecule has 0 bridgehead atoms. The molecule has 0 saturated heterocycles. The molecule has 2 heterocycles. The number of pyridine rings is 1. The number of ether oxygens (including phenoxy) is 2. The fraction of sp³-hybridized carbons (Fsp3) is 0.241. The molecule has 1 amide bonds. The molecule has 0 saturated carbocycles. The Balaban J connectivity index is 2.06. The van der Waals surface area contributed by atoms with Crippen molar-refractivity contribution in [3.63, 3.8) is 0 Å². The van der Waals surface area contributed by atoms with Crippen LogP contribution >= 0.6 is 11.3 Å². The summed E-state index contributed by atoms with van der Waals surface area (Å²) in [5.74, 6) is -3.13. The van der Waals surface area contributed by atoms with Gasteiger partial charge in [-0.15, -0.1) is 17.9 Å². The Kier molecular flexibility index (Phi) is 10.2. The van der Waals surface area contributed by atoms with Gasteiger partial charge >= 0.3 is 15.6 Å². The van der Waals surface area contributed by atoms with E-state index in [1.165, 1.54) is 18.6 Å². The van der Waals surface area contributed by atoms with Crippen LogP contribution in [-0.2, 0) is 32.5 Å². The highest BCUT2D eigenvalue weighted by atomic mass is 32.2. The second-order valence-electron chi connectivity index (χ2n) is 9.19. The minimum absolute atomic E-state index is 0.0107. The fourth-order valence-corrected chi connectivity index (χ4v) is 5.79. The monoisotopic (exact) mass is 656 g/mol. The number of carbonyl (C=O) groups is 1. The summed E-state index contributed by atoms with van der Waals surface area (Å²) in [4.78, 5) is 14.9. The van der Waals surface area contributed by atoms with Gasteiger partial charge in [-0.25, -0.2) is 13.8 Å². The maximum absolute atomic E-state index is 15.7. The van der Waals surface area contributed by atoms with E-state index >= 15 is 4.39 Å². The van der Waals surface area contributed by atoms with Crippen molar-refractivity contribution in [1.82, 2.24) is 10.3 Å². The van der Waals surface area contributed by atoms with E-state index in [0.717, 1.165) is 23.0 Å². The second kappa shape index (κ2) is 13.7. The molecule has 0 radical (unpaired) electrons. The van der Waals surface area contributed by atoms with Gasteiger partial charge < -0.3 is 19.0 Å². The number of thiophene rings is 1. The quantitative estimate of drug-likeness (QED) is 0.0432. The van der Waals surface area contributed by atoms with Gasteiger partial charge in [0.25, 0.3) is 0 Å². The number of rotatable bonds is 14. The molecule has 0 aliphatic carbocycles. The molecular formula is C29H25F5N2O6S2. The first-order valence-corrected chi connectivity index (χ1v) is 15.1. The average molecular weight is 657 g/mol. The Morgan fingerprint density at radius 3 is 2.52 bits per heavy atom. The van der Waals surface area contributed by atoms with Gasteiger partial charge in [0.05, 0.1) is 23.3 Å². The van der Waals surface area contributed by atoms with Crippen molar-refractivity contribution in [2.75, 3.05) is 26.9 Å². The van der Waals surface area contributed by atoms with Crippen molar-refractivity contribution in [1.29, 1.82) is 0 Å². The smallest absolute Gasteiger partial charge is 0.490 e. The Morgan fingerprint density at radius 1 is 1.07 bits per heavy atom. The van der Waals surface area contributed by atoms with Crippen LogP contribution < -0.4 is 14.2 Å². The largest absolute Gasteiger partial charge is 0.534 e. The highest BCUT2D eigenvalue weighted by Crippen LogP contribution is 2.47. The number of halogens is 5. The van der Waals surface area contributed by atoms with Crippen LogP contribution in [0.3, 0.4) is 0 Å². The van der Waals surface area contributed by atoms with Gasteiger partial charge in [0.15, 0.2) is 0 Å². The van der Waals surface area contributed by atoms with Crippen molar-refractivity contribution in [3.8, 4) is 34.0 Å². The molecule has 4 aromatic rings. The highest BCUT2D eigenvalue weighted by Gasteiger charge is 2.49. The third-order valence-electron chi connectivity index (χ3n) is 6.32. The molecule has 8 nitrogen and oxygen atoms in total. The van der Waals surface area contributed by atoms with E-state index in [0.29, 0.717) is 37.4 Å². The number of hydrogen-bond acceptors (Lipinski definition) is 8.